The molecule has 1 saturated carbocycles. The van der Waals surface area contributed by atoms with Gasteiger partial charge < -0.3 is 15.5 Å². The first kappa shape index (κ1) is 17.5. The molecule has 0 saturated heterocycles. The molecule has 0 unspecified atom stereocenters. The van der Waals surface area contributed by atoms with Gasteiger partial charge in [-0.15, -0.1) is 0 Å². The summed E-state index contributed by atoms with van der Waals surface area (Å²) in [6.07, 6.45) is 3.21. The van der Waals surface area contributed by atoms with Crippen LogP contribution in [0.15, 0.2) is 29.3 Å². The molecule has 3 aromatic rings. The van der Waals surface area contributed by atoms with Crippen LogP contribution in [0.3, 0.4) is 0 Å². The zero-order valence-corrected chi connectivity index (χ0v) is 16.1. The number of nitrogens with one attached hydrogen (secondary N) is 3. The molecule has 4 rings (SSSR count). The molecule has 9 nitrogen and oxygen atoms in total. The van der Waals surface area contributed by atoms with Gasteiger partial charge in [0.2, 0.25) is 5.95 Å². The Morgan fingerprint density at radius 1 is 1.15 bits per heavy atom. The molecule has 1 aliphatic rings. The number of hydrogen-bond acceptors (Lipinski definition) is 8. The number of fused-ring (bicyclic) bond motifs is 1. The van der Waals surface area contributed by atoms with Gasteiger partial charge in [-0.2, -0.15) is 15.1 Å². The highest BCUT2D eigenvalue weighted by Crippen LogP contribution is 2.32. The van der Waals surface area contributed by atoms with Crippen molar-refractivity contribution in [2.75, 3.05) is 35.9 Å². The van der Waals surface area contributed by atoms with Crippen molar-refractivity contribution in [3.63, 3.8) is 0 Å². The Labute approximate surface area is 157 Å². The number of rotatable bonds is 6. The van der Waals surface area contributed by atoms with E-state index in [9.17, 15) is 8.42 Å². The van der Waals surface area contributed by atoms with Crippen LogP contribution in [0.4, 0.5) is 23.1 Å². The molecule has 0 spiro atoms. The van der Waals surface area contributed by atoms with Gasteiger partial charge in [0.15, 0.2) is 20.5 Å². The second kappa shape index (κ2) is 6.38. The lowest BCUT2D eigenvalue weighted by atomic mass is 10.2. The summed E-state index contributed by atoms with van der Waals surface area (Å²) in [5.41, 5.74) is 2.22. The van der Waals surface area contributed by atoms with E-state index in [0.29, 0.717) is 28.8 Å². The van der Waals surface area contributed by atoms with Crippen LogP contribution in [0, 0.1) is 0 Å². The highest BCUT2D eigenvalue weighted by molar-refractivity contribution is 7.90. The standard InChI is InChI=1S/C17H21N7O2S/c1-24(2)12-8-6-11(7-9-12)19-17-20-14(18-10-4-5-10)13-15(21-17)22-23-16(13)27(3,25)26/h6-10H,4-5H2,1-3H3,(H3,18,19,20,21,22,23). The van der Waals surface area contributed by atoms with E-state index in [-0.39, 0.29) is 5.03 Å². The highest BCUT2D eigenvalue weighted by atomic mass is 32.2. The molecule has 142 valence electrons. The summed E-state index contributed by atoms with van der Waals surface area (Å²) in [7, 11) is 0.485. The maximum atomic E-state index is 12.1. The fourth-order valence-electron chi connectivity index (χ4n) is 2.72. The molecule has 1 fully saturated rings. The van der Waals surface area contributed by atoms with Gasteiger partial charge in [-0.25, -0.2) is 8.42 Å². The largest absolute Gasteiger partial charge is 0.378 e. The van der Waals surface area contributed by atoms with E-state index in [1.807, 2.05) is 43.3 Å². The van der Waals surface area contributed by atoms with E-state index < -0.39 is 9.84 Å². The molecule has 0 aliphatic heterocycles. The SMILES string of the molecule is CN(C)c1ccc(Nc2nc(NC3CC3)c3c(S(C)(=O)=O)[nH]nc3n2)cc1. The molecule has 27 heavy (non-hydrogen) atoms. The number of aromatic nitrogens is 4. The predicted molar refractivity (Wildman–Crippen MR) is 105 cm³/mol. The van der Waals surface area contributed by atoms with E-state index >= 15 is 0 Å². The summed E-state index contributed by atoms with van der Waals surface area (Å²) in [4.78, 5) is 10.9. The number of hydrogen-bond donors (Lipinski definition) is 3. The Morgan fingerprint density at radius 3 is 2.44 bits per heavy atom. The Morgan fingerprint density at radius 2 is 1.85 bits per heavy atom. The van der Waals surface area contributed by atoms with Crippen molar-refractivity contribution in [3.05, 3.63) is 24.3 Å². The minimum absolute atomic E-state index is 0.0301. The third kappa shape index (κ3) is 3.65. The van der Waals surface area contributed by atoms with Gasteiger partial charge >= 0.3 is 0 Å². The first-order valence-corrected chi connectivity index (χ1v) is 10.5. The molecule has 1 aliphatic carbocycles. The maximum Gasteiger partial charge on any atom is 0.231 e. The van der Waals surface area contributed by atoms with Crippen LogP contribution in [0.5, 0.6) is 0 Å². The summed E-state index contributed by atoms with van der Waals surface area (Å²) in [5.74, 6) is 0.832. The van der Waals surface area contributed by atoms with Crippen molar-refractivity contribution < 1.29 is 8.42 Å². The summed E-state index contributed by atoms with van der Waals surface area (Å²) in [6.45, 7) is 0. The number of anilines is 4. The summed E-state index contributed by atoms with van der Waals surface area (Å²) in [6, 6.07) is 8.14. The molecular weight excluding hydrogens is 366 g/mol. The summed E-state index contributed by atoms with van der Waals surface area (Å²) < 4.78 is 24.1. The van der Waals surface area contributed by atoms with Crippen molar-refractivity contribution in [3.8, 4) is 0 Å². The molecule has 0 amide bonds. The van der Waals surface area contributed by atoms with Gasteiger partial charge in [0.1, 0.15) is 11.2 Å². The second-order valence-corrected chi connectivity index (χ2v) is 8.86. The molecule has 3 N–H and O–H groups in total. The monoisotopic (exact) mass is 387 g/mol. The van der Waals surface area contributed by atoms with Gasteiger partial charge in [0.05, 0.1) is 0 Å². The van der Waals surface area contributed by atoms with Gasteiger partial charge in [-0.05, 0) is 37.1 Å². The Balaban J connectivity index is 1.73. The number of nitrogens with zero attached hydrogens (tertiary/aromatic N) is 4. The number of aromatic amines is 1. The third-order valence-electron chi connectivity index (χ3n) is 4.31. The van der Waals surface area contributed by atoms with E-state index in [1.165, 1.54) is 0 Å². The minimum Gasteiger partial charge on any atom is -0.378 e. The molecule has 0 radical (unpaired) electrons. The van der Waals surface area contributed by atoms with Crippen LogP contribution in [0.2, 0.25) is 0 Å². The van der Waals surface area contributed by atoms with Crippen LogP contribution in [0.1, 0.15) is 12.8 Å². The van der Waals surface area contributed by atoms with Crippen LogP contribution >= 0.6 is 0 Å². The summed E-state index contributed by atoms with van der Waals surface area (Å²) in [5, 5.41) is 13.5. The quantitative estimate of drug-likeness (QED) is 0.589. The van der Waals surface area contributed by atoms with Gasteiger partial charge in [0.25, 0.3) is 0 Å². The van der Waals surface area contributed by atoms with Crippen LogP contribution in [0.25, 0.3) is 11.0 Å². The molecule has 2 aromatic heterocycles. The van der Waals surface area contributed by atoms with E-state index in [0.717, 1.165) is 30.5 Å². The van der Waals surface area contributed by atoms with Crippen LogP contribution < -0.4 is 15.5 Å². The van der Waals surface area contributed by atoms with E-state index in [1.54, 1.807) is 0 Å². The average Bonchev–Trinajstić information content (AvgIpc) is 3.29. The second-order valence-electron chi connectivity index (χ2n) is 6.90. The molecular formula is C17H21N7O2S. The lowest BCUT2D eigenvalue weighted by molar-refractivity contribution is 0.598. The number of H-pyrrole nitrogens is 1. The van der Waals surface area contributed by atoms with Crippen molar-refractivity contribution >= 4 is 44.0 Å². The van der Waals surface area contributed by atoms with E-state index in [2.05, 4.69) is 30.8 Å². The molecule has 0 atom stereocenters. The summed E-state index contributed by atoms with van der Waals surface area (Å²) >= 11 is 0. The first-order chi connectivity index (χ1) is 12.8. The molecule has 10 heteroatoms. The Kier molecular flexibility index (Phi) is 4.14. The smallest absolute Gasteiger partial charge is 0.231 e. The zero-order chi connectivity index (χ0) is 19.2. The molecule has 1 aromatic carbocycles. The fourth-order valence-corrected chi connectivity index (χ4v) is 3.49. The Bertz CT molecular complexity index is 1090. The van der Waals surface area contributed by atoms with Crippen molar-refractivity contribution in [2.45, 2.75) is 23.9 Å². The first-order valence-electron chi connectivity index (χ1n) is 8.58. The molecule has 0 bridgehead atoms. The van der Waals surface area contributed by atoms with Gasteiger partial charge in [-0.1, -0.05) is 0 Å². The van der Waals surface area contributed by atoms with Crippen molar-refractivity contribution in [2.24, 2.45) is 0 Å². The van der Waals surface area contributed by atoms with Crippen LogP contribution in [-0.4, -0.2) is 55.0 Å². The average molecular weight is 387 g/mol. The third-order valence-corrected chi connectivity index (χ3v) is 5.35. The lowest BCUT2D eigenvalue weighted by Gasteiger charge is -2.13. The highest BCUT2D eigenvalue weighted by Gasteiger charge is 2.27. The van der Waals surface area contributed by atoms with E-state index in [4.69, 9.17) is 0 Å². The maximum absolute atomic E-state index is 12.1. The minimum atomic E-state index is -3.47. The number of sulfone groups is 1. The van der Waals surface area contributed by atoms with Crippen molar-refractivity contribution in [1.82, 2.24) is 20.2 Å². The molecule has 2 heterocycles. The normalized spacial score (nSPS) is 14.3. The van der Waals surface area contributed by atoms with Crippen LogP contribution in [-0.2, 0) is 9.84 Å². The van der Waals surface area contributed by atoms with Gasteiger partial charge in [0, 0.05) is 37.8 Å². The lowest BCUT2D eigenvalue weighted by Crippen LogP contribution is -2.09. The van der Waals surface area contributed by atoms with Crippen molar-refractivity contribution in [1.29, 1.82) is 0 Å². The fraction of sp³-hybridized carbons (Fsp3) is 0.353. The Hall–Kier alpha value is -2.88. The van der Waals surface area contributed by atoms with Gasteiger partial charge in [-0.3, -0.25) is 5.10 Å². The topological polar surface area (TPSA) is 116 Å². The zero-order valence-electron chi connectivity index (χ0n) is 15.3. The number of benzene rings is 1. The predicted octanol–water partition coefficient (Wildman–Crippen LogP) is 2.14.